The summed E-state index contributed by atoms with van der Waals surface area (Å²) < 4.78 is 0. The number of aliphatic hydroxyl groups excluding tert-OH is 1. The van der Waals surface area contributed by atoms with Crippen molar-refractivity contribution in [3.05, 3.63) is 36.0 Å². The van der Waals surface area contributed by atoms with Gasteiger partial charge in [-0.1, -0.05) is 24.3 Å². The number of nitrogen functional groups attached to an aromatic ring is 1. The molecule has 2 rings (SSSR count). The number of nitrogens with two attached hydrogens (primary N) is 1. The summed E-state index contributed by atoms with van der Waals surface area (Å²) >= 11 is 0. The van der Waals surface area contributed by atoms with Crippen molar-refractivity contribution in [2.75, 3.05) is 18.9 Å². The first-order chi connectivity index (χ1) is 9.56. The third kappa shape index (κ3) is 2.58. The van der Waals surface area contributed by atoms with Gasteiger partial charge in [0.05, 0.1) is 12.2 Å². The van der Waals surface area contributed by atoms with Gasteiger partial charge in [-0.15, -0.1) is 0 Å². The van der Waals surface area contributed by atoms with Gasteiger partial charge < -0.3 is 15.7 Å². The zero-order chi connectivity index (χ0) is 14.7. The quantitative estimate of drug-likeness (QED) is 0.888. The number of carbonyl (C=O) groups excluding carboxylic acids is 1. The van der Waals surface area contributed by atoms with Gasteiger partial charge in [-0.2, -0.15) is 0 Å². The Morgan fingerprint density at radius 3 is 2.60 bits per heavy atom. The van der Waals surface area contributed by atoms with E-state index in [1.807, 2.05) is 38.1 Å². The highest BCUT2D eigenvalue weighted by Crippen LogP contribution is 2.23. The normalized spacial score (nSPS) is 11.0. The topological polar surface area (TPSA) is 79.5 Å². The predicted molar refractivity (Wildman–Crippen MR) is 79.4 cm³/mol. The van der Waals surface area contributed by atoms with Crippen molar-refractivity contribution < 1.29 is 9.90 Å². The van der Waals surface area contributed by atoms with Gasteiger partial charge in [-0.25, -0.2) is 4.98 Å². The third-order valence-corrected chi connectivity index (χ3v) is 3.28. The number of hydrogen-bond donors (Lipinski definition) is 2. The SMILES string of the molecule is CC(C)N(CCO)C(=O)c1cnc(N)c2ccccc12. The fourth-order valence-corrected chi connectivity index (χ4v) is 2.24. The molecule has 0 saturated carbocycles. The molecule has 0 aliphatic carbocycles. The van der Waals surface area contributed by atoms with E-state index in [0.29, 0.717) is 17.9 Å². The smallest absolute Gasteiger partial charge is 0.256 e. The highest BCUT2D eigenvalue weighted by molar-refractivity contribution is 6.09. The highest BCUT2D eigenvalue weighted by atomic mass is 16.3. The second-order valence-electron chi connectivity index (χ2n) is 4.92. The molecule has 0 aliphatic heterocycles. The average molecular weight is 273 g/mol. The number of fused-ring (bicyclic) bond motifs is 1. The molecule has 0 spiro atoms. The second kappa shape index (κ2) is 5.88. The number of aliphatic hydroxyl groups is 1. The van der Waals surface area contributed by atoms with Crippen molar-refractivity contribution >= 4 is 22.5 Å². The van der Waals surface area contributed by atoms with Crippen LogP contribution in [0.2, 0.25) is 0 Å². The fraction of sp³-hybridized carbons (Fsp3) is 0.333. The average Bonchev–Trinajstić information content (AvgIpc) is 2.44. The molecule has 0 fully saturated rings. The lowest BCUT2D eigenvalue weighted by Gasteiger charge is -2.26. The molecule has 0 saturated heterocycles. The summed E-state index contributed by atoms with van der Waals surface area (Å²) in [7, 11) is 0. The number of anilines is 1. The molecule has 1 heterocycles. The Morgan fingerprint density at radius 2 is 2.00 bits per heavy atom. The van der Waals surface area contributed by atoms with Crippen molar-refractivity contribution in [1.29, 1.82) is 0 Å². The van der Waals surface area contributed by atoms with Crippen molar-refractivity contribution in [1.82, 2.24) is 9.88 Å². The van der Waals surface area contributed by atoms with Crippen LogP contribution in [0.25, 0.3) is 10.8 Å². The zero-order valence-electron chi connectivity index (χ0n) is 11.7. The molecule has 0 atom stereocenters. The van der Waals surface area contributed by atoms with E-state index in [1.165, 1.54) is 6.20 Å². The number of rotatable bonds is 4. The number of aromatic nitrogens is 1. The third-order valence-electron chi connectivity index (χ3n) is 3.28. The Morgan fingerprint density at radius 1 is 1.35 bits per heavy atom. The lowest BCUT2D eigenvalue weighted by molar-refractivity contribution is 0.0667. The molecular formula is C15H19N3O2. The Bertz CT molecular complexity index is 626. The van der Waals surface area contributed by atoms with Crippen LogP contribution < -0.4 is 5.73 Å². The van der Waals surface area contributed by atoms with Crippen LogP contribution in [0.4, 0.5) is 5.82 Å². The van der Waals surface area contributed by atoms with E-state index >= 15 is 0 Å². The standard InChI is InChI=1S/C15H19N3O2/c1-10(2)18(7-8-19)15(20)13-9-17-14(16)12-6-4-3-5-11(12)13/h3-6,9-10,19H,7-8H2,1-2H3,(H2,16,17). The number of carbonyl (C=O) groups is 1. The van der Waals surface area contributed by atoms with Crippen LogP contribution in [0.5, 0.6) is 0 Å². The van der Waals surface area contributed by atoms with Gasteiger partial charge in [-0.3, -0.25) is 4.79 Å². The maximum Gasteiger partial charge on any atom is 0.256 e. The summed E-state index contributed by atoms with van der Waals surface area (Å²) in [4.78, 5) is 18.4. The van der Waals surface area contributed by atoms with E-state index in [-0.39, 0.29) is 18.6 Å². The molecule has 20 heavy (non-hydrogen) atoms. The Labute approximate surface area is 118 Å². The summed E-state index contributed by atoms with van der Waals surface area (Å²) in [6.07, 6.45) is 1.51. The van der Waals surface area contributed by atoms with Gasteiger partial charge >= 0.3 is 0 Å². The van der Waals surface area contributed by atoms with E-state index in [0.717, 1.165) is 10.8 Å². The molecule has 1 amide bonds. The van der Waals surface area contributed by atoms with Gasteiger partial charge in [0.15, 0.2) is 0 Å². The minimum absolute atomic E-state index is 0.00552. The maximum absolute atomic E-state index is 12.6. The number of benzene rings is 1. The van der Waals surface area contributed by atoms with Crippen LogP contribution in [-0.4, -0.2) is 40.1 Å². The first-order valence-corrected chi connectivity index (χ1v) is 6.61. The van der Waals surface area contributed by atoms with Gasteiger partial charge in [0.25, 0.3) is 5.91 Å². The zero-order valence-corrected chi connectivity index (χ0v) is 11.7. The van der Waals surface area contributed by atoms with Crippen LogP contribution >= 0.6 is 0 Å². The molecule has 0 radical (unpaired) electrons. The van der Waals surface area contributed by atoms with Crippen LogP contribution in [0.15, 0.2) is 30.5 Å². The van der Waals surface area contributed by atoms with Gasteiger partial charge in [0, 0.05) is 24.2 Å². The molecule has 5 heteroatoms. The van der Waals surface area contributed by atoms with E-state index < -0.39 is 0 Å². The summed E-state index contributed by atoms with van der Waals surface area (Å²) in [5, 5.41) is 10.7. The van der Waals surface area contributed by atoms with Crippen molar-refractivity contribution in [2.45, 2.75) is 19.9 Å². The second-order valence-corrected chi connectivity index (χ2v) is 4.92. The first kappa shape index (κ1) is 14.3. The van der Waals surface area contributed by atoms with Gasteiger partial charge in [0.2, 0.25) is 0 Å². The van der Waals surface area contributed by atoms with E-state index in [9.17, 15) is 4.79 Å². The number of pyridine rings is 1. The molecule has 0 unspecified atom stereocenters. The monoisotopic (exact) mass is 273 g/mol. The summed E-state index contributed by atoms with van der Waals surface area (Å²) in [5.41, 5.74) is 6.35. The maximum atomic E-state index is 12.6. The highest BCUT2D eigenvalue weighted by Gasteiger charge is 2.21. The van der Waals surface area contributed by atoms with Crippen molar-refractivity contribution in [3.8, 4) is 0 Å². The Balaban J connectivity index is 2.52. The molecule has 5 nitrogen and oxygen atoms in total. The Hall–Kier alpha value is -2.14. The van der Waals surface area contributed by atoms with Crippen molar-refractivity contribution in [3.63, 3.8) is 0 Å². The van der Waals surface area contributed by atoms with Crippen LogP contribution in [0, 0.1) is 0 Å². The van der Waals surface area contributed by atoms with Crippen molar-refractivity contribution in [2.24, 2.45) is 0 Å². The van der Waals surface area contributed by atoms with Gasteiger partial charge in [-0.05, 0) is 19.2 Å². The van der Waals surface area contributed by atoms with E-state index in [4.69, 9.17) is 10.8 Å². The number of amides is 1. The molecule has 3 N–H and O–H groups in total. The summed E-state index contributed by atoms with van der Waals surface area (Å²) in [5.74, 6) is 0.271. The fourth-order valence-electron chi connectivity index (χ4n) is 2.24. The molecule has 1 aromatic carbocycles. The molecular weight excluding hydrogens is 254 g/mol. The van der Waals surface area contributed by atoms with Crippen LogP contribution in [0.1, 0.15) is 24.2 Å². The molecule has 0 bridgehead atoms. The largest absolute Gasteiger partial charge is 0.395 e. The van der Waals surface area contributed by atoms with Crippen LogP contribution in [-0.2, 0) is 0 Å². The lowest BCUT2D eigenvalue weighted by Crippen LogP contribution is -2.39. The Kier molecular flexibility index (Phi) is 4.20. The minimum Gasteiger partial charge on any atom is -0.395 e. The van der Waals surface area contributed by atoms with E-state index in [1.54, 1.807) is 4.90 Å². The molecule has 106 valence electrons. The lowest BCUT2D eigenvalue weighted by atomic mass is 10.1. The first-order valence-electron chi connectivity index (χ1n) is 6.61. The van der Waals surface area contributed by atoms with E-state index in [2.05, 4.69) is 4.98 Å². The molecule has 0 aliphatic rings. The van der Waals surface area contributed by atoms with Crippen LogP contribution in [0.3, 0.4) is 0 Å². The molecule has 2 aromatic rings. The molecule has 1 aromatic heterocycles. The number of hydrogen-bond acceptors (Lipinski definition) is 4. The number of nitrogens with zero attached hydrogens (tertiary/aromatic N) is 2. The van der Waals surface area contributed by atoms with Gasteiger partial charge in [0.1, 0.15) is 5.82 Å². The minimum atomic E-state index is -0.141. The summed E-state index contributed by atoms with van der Waals surface area (Å²) in [6.45, 7) is 4.07. The predicted octanol–water partition coefficient (Wildman–Crippen LogP) is 1.66. The summed E-state index contributed by atoms with van der Waals surface area (Å²) in [6, 6.07) is 7.44.